The molecule has 0 spiro atoms. The Balaban J connectivity index is 2.74. The third-order valence-electron chi connectivity index (χ3n) is 2.84. The number of nitrogens with two attached hydrogens (primary N) is 1. The first-order valence-corrected chi connectivity index (χ1v) is 6.30. The summed E-state index contributed by atoms with van der Waals surface area (Å²) in [5.74, 6) is 0.285. The number of hydrogen-bond acceptors (Lipinski definition) is 3. The van der Waals surface area contributed by atoms with Crippen LogP contribution in [0.25, 0.3) is 0 Å². The van der Waals surface area contributed by atoms with Gasteiger partial charge in [0.2, 0.25) is 0 Å². The van der Waals surface area contributed by atoms with Crippen molar-refractivity contribution in [1.29, 1.82) is 0 Å². The van der Waals surface area contributed by atoms with Crippen LogP contribution in [0.5, 0.6) is 0 Å². The van der Waals surface area contributed by atoms with Gasteiger partial charge < -0.3 is 15.7 Å². The highest BCUT2D eigenvalue weighted by Crippen LogP contribution is 2.17. The van der Waals surface area contributed by atoms with Gasteiger partial charge in [-0.25, -0.2) is 0 Å². The fourth-order valence-corrected chi connectivity index (χ4v) is 1.87. The van der Waals surface area contributed by atoms with Crippen molar-refractivity contribution < 1.29 is 5.11 Å². The van der Waals surface area contributed by atoms with Crippen molar-refractivity contribution in [3.05, 3.63) is 29.8 Å². The zero-order chi connectivity index (χ0) is 12.7. The van der Waals surface area contributed by atoms with E-state index in [9.17, 15) is 0 Å². The van der Waals surface area contributed by atoms with E-state index in [1.807, 2.05) is 0 Å². The molecule has 1 unspecified atom stereocenters. The summed E-state index contributed by atoms with van der Waals surface area (Å²) in [6.45, 7) is 6.91. The molecule has 0 aliphatic heterocycles. The van der Waals surface area contributed by atoms with Gasteiger partial charge in [0.05, 0.1) is 0 Å². The van der Waals surface area contributed by atoms with Crippen LogP contribution >= 0.6 is 0 Å². The second-order valence-electron chi connectivity index (χ2n) is 4.71. The lowest BCUT2D eigenvalue weighted by Crippen LogP contribution is -2.31. The molecule has 17 heavy (non-hydrogen) atoms. The van der Waals surface area contributed by atoms with E-state index >= 15 is 0 Å². The fourth-order valence-electron chi connectivity index (χ4n) is 1.87. The van der Waals surface area contributed by atoms with Gasteiger partial charge >= 0.3 is 0 Å². The Morgan fingerprint density at radius 1 is 1.41 bits per heavy atom. The number of aryl methyl sites for hydroxylation is 1. The Hall–Kier alpha value is -1.06. The van der Waals surface area contributed by atoms with Gasteiger partial charge in [0.1, 0.15) is 0 Å². The molecule has 0 aliphatic rings. The maximum absolute atomic E-state index is 9.16. The summed E-state index contributed by atoms with van der Waals surface area (Å²) < 4.78 is 0. The van der Waals surface area contributed by atoms with E-state index in [1.165, 1.54) is 11.3 Å². The Labute approximate surface area is 104 Å². The molecule has 3 nitrogen and oxygen atoms in total. The van der Waals surface area contributed by atoms with Gasteiger partial charge in [-0.05, 0) is 43.5 Å². The molecule has 0 bridgehead atoms. The van der Waals surface area contributed by atoms with Crippen molar-refractivity contribution in [2.45, 2.75) is 20.3 Å². The Morgan fingerprint density at radius 3 is 2.76 bits per heavy atom. The molecular formula is C14H24N2O. The average molecular weight is 236 g/mol. The van der Waals surface area contributed by atoms with Crippen LogP contribution in [-0.2, 0) is 0 Å². The molecule has 0 fully saturated rings. The SMILES string of the molecule is Cc1cccc(N(CCCN)CC(C)CO)c1. The quantitative estimate of drug-likeness (QED) is 0.758. The summed E-state index contributed by atoms with van der Waals surface area (Å²) >= 11 is 0. The molecule has 3 N–H and O–H groups in total. The van der Waals surface area contributed by atoms with E-state index < -0.39 is 0 Å². The number of aliphatic hydroxyl groups is 1. The van der Waals surface area contributed by atoms with Gasteiger partial charge in [-0.2, -0.15) is 0 Å². The third-order valence-corrected chi connectivity index (χ3v) is 2.84. The van der Waals surface area contributed by atoms with Crippen LogP contribution < -0.4 is 10.6 Å². The van der Waals surface area contributed by atoms with E-state index in [-0.39, 0.29) is 12.5 Å². The molecule has 0 saturated heterocycles. The second-order valence-corrected chi connectivity index (χ2v) is 4.71. The molecule has 96 valence electrons. The summed E-state index contributed by atoms with van der Waals surface area (Å²) in [5, 5.41) is 9.16. The molecule has 0 saturated carbocycles. The lowest BCUT2D eigenvalue weighted by molar-refractivity contribution is 0.239. The normalized spacial score (nSPS) is 12.5. The third kappa shape index (κ3) is 4.75. The lowest BCUT2D eigenvalue weighted by Gasteiger charge is -2.27. The van der Waals surface area contributed by atoms with Crippen molar-refractivity contribution in [2.75, 3.05) is 31.1 Å². The average Bonchev–Trinajstić information content (AvgIpc) is 2.34. The van der Waals surface area contributed by atoms with Crippen molar-refractivity contribution in [3.63, 3.8) is 0 Å². The molecule has 0 amide bonds. The highest BCUT2D eigenvalue weighted by atomic mass is 16.3. The first-order valence-electron chi connectivity index (χ1n) is 6.30. The van der Waals surface area contributed by atoms with E-state index in [2.05, 4.69) is 43.0 Å². The van der Waals surface area contributed by atoms with Crippen molar-refractivity contribution in [3.8, 4) is 0 Å². The van der Waals surface area contributed by atoms with Crippen LogP contribution in [0.15, 0.2) is 24.3 Å². The van der Waals surface area contributed by atoms with Gasteiger partial charge in [-0.15, -0.1) is 0 Å². The lowest BCUT2D eigenvalue weighted by atomic mass is 10.1. The van der Waals surface area contributed by atoms with Crippen LogP contribution in [0, 0.1) is 12.8 Å². The van der Waals surface area contributed by atoms with E-state index in [0.717, 1.165) is 19.5 Å². The molecule has 0 heterocycles. The zero-order valence-corrected chi connectivity index (χ0v) is 10.9. The largest absolute Gasteiger partial charge is 0.396 e. The Morgan fingerprint density at radius 2 is 2.18 bits per heavy atom. The fraction of sp³-hybridized carbons (Fsp3) is 0.571. The van der Waals surface area contributed by atoms with E-state index in [4.69, 9.17) is 10.8 Å². The number of benzene rings is 1. The molecule has 1 aromatic carbocycles. The monoisotopic (exact) mass is 236 g/mol. The number of anilines is 1. The van der Waals surface area contributed by atoms with Crippen molar-refractivity contribution in [2.24, 2.45) is 11.7 Å². The zero-order valence-electron chi connectivity index (χ0n) is 10.9. The van der Waals surface area contributed by atoms with Crippen LogP contribution in [0.1, 0.15) is 18.9 Å². The summed E-state index contributed by atoms with van der Waals surface area (Å²) in [6, 6.07) is 8.47. The van der Waals surface area contributed by atoms with Gasteiger partial charge in [0.15, 0.2) is 0 Å². The smallest absolute Gasteiger partial charge is 0.0473 e. The summed E-state index contributed by atoms with van der Waals surface area (Å²) in [6.07, 6.45) is 0.978. The first kappa shape index (κ1) is 14.0. The minimum absolute atomic E-state index is 0.227. The number of nitrogens with zero attached hydrogens (tertiary/aromatic N) is 1. The van der Waals surface area contributed by atoms with Crippen LogP contribution in [0.3, 0.4) is 0 Å². The summed E-state index contributed by atoms with van der Waals surface area (Å²) in [7, 11) is 0. The minimum Gasteiger partial charge on any atom is -0.396 e. The van der Waals surface area contributed by atoms with Gasteiger partial charge in [0.25, 0.3) is 0 Å². The van der Waals surface area contributed by atoms with Gasteiger partial charge in [-0.1, -0.05) is 19.1 Å². The number of aliphatic hydroxyl groups excluding tert-OH is 1. The summed E-state index contributed by atoms with van der Waals surface area (Å²) in [5.41, 5.74) is 8.05. The molecule has 0 radical (unpaired) electrons. The van der Waals surface area contributed by atoms with Crippen LogP contribution in [0.4, 0.5) is 5.69 Å². The molecule has 0 aliphatic carbocycles. The molecule has 0 aromatic heterocycles. The Bertz CT molecular complexity index is 328. The van der Waals surface area contributed by atoms with Crippen molar-refractivity contribution in [1.82, 2.24) is 0 Å². The highest BCUT2D eigenvalue weighted by molar-refractivity contribution is 5.48. The first-order chi connectivity index (χ1) is 8.17. The summed E-state index contributed by atoms with van der Waals surface area (Å²) in [4.78, 5) is 2.31. The topological polar surface area (TPSA) is 49.5 Å². The van der Waals surface area contributed by atoms with E-state index in [0.29, 0.717) is 6.54 Å². The predicted octanol–water partition coefficient (Wildman–Crippen LogP) is 1.78. The van der Waals surface area contributed by atoms with E-state index in [1.54, 1.807) is 0 Å². The molecule has 1 rings (SSSR count). The second kappa shape index (κ2) is 7.30. The number of hydrogen-bond donors (Lipinski definition) is 2. The Kier molecular flexibility index (Phi) is 6.01. The minimum atomic E-state index is 0.227. The van der Waals surface area contributed by atoms with Crippen molar-refractivity contribution >= 4 is 5.69 Å². The van der Waals surface area contributed by atoms with Gasteiger partial charge in [0, 0.05) is 25.4 Å². The van der Waals surface area contributed by atoms with Crippen LogP contribution in [0.2, 0.25) is 0 Å². The molecular weight excluding hydrogens is 212 g/mol. The molecule has 1 atom stereocenters. The highest BCUT2D eigenvalue weighted by Gasteiger charge is 2.10. The van der Waals surface area contributed by atoms with Crippen LogP contribution in [-0.4, -0.2) is 31.3 Å². The van der Waals surface area contributed by atoms with Gasteiger partial charge in [-0.3, -0.25) is 0 Å². The maximum atomic E-state index is 9.16. The number of rotatable bonds is 7. The predicted molar refractivity (Wildman–Crippen MR) is 73.3 cm³/mol. The maximum Gasteiger partial charge on any atom is 0.0473 e. The molecule has 1 aromatic rings. The standard InChI is InChI=1S/C14H24N2O/c1-12-5-3-6-14(9-12)16(8-4-7-15)10-13(2)11-17/h3,5-6,9,13,17H,4,7-8,10-11,15H2,1-2H3. The molecule has 3 heteroatoms.